The monoisotopic (exact) mass is 493 g/mol. The molecule has 1 saturated carbocycles. The van der Waals surface area contributed by atoms with Crippen molar-refractivity contribution in [3.05, 3.63) is 0 Å². The van der Waals surface area contributed by atoms with Crippen LogP contribution in [0.3, 0.4) is 0 Å². The highest BCUT2D eigenvalue weighted by atomic mass is 127. The predicted octanol–water partition coefficient (Wildman–Crippen LogP) is 4.06. The molecule has 1 spiro atoms. The van der Waals surface area contributed by atoms with Gasteiger partial charge in [0.15, 0.2) is 5.96 Å². The minimum Gasteiger partial charge on any atom is -0.381 e. The van der Waals surface area contributed by atoms with Crippen LogP contribution >= 0.6 is 24.0 Å². The fraction of sp³-hybridized carbons (Fsp3) is 0.952. The Morgan fingerprint density at radius 2 is 1.96 bits per heavy atom. The number of aliphatic imine (C=N–C) groups is 1. The average molecular weight is 493 g/mol. The Balaban J connectivity index is 0.00000261. The molecule has 0 atom stereocenters. The van der Waals surface area contributed by atoms with Crippen molar-refractivity contribution in [1.82, 2.24) is 10.2 Å². The summed E-state index contributed by atoms with van der Waals surface area (Å²) in [6, 6.07) is 0. The maximum Gasteiger partial charge on any atom is 0.193 e. The first-order chi connectivity index (χ1) is 12.8. The van der Waals surface area contributed by atoms with Crippen molar-refractivity contribution in [2.24, 2.45) is 16.3 Å². The summed E-state index contributed by atoms with van der Waals surface area (Å²) < 4.78 is 11.3. The second-order valence-corrected chi connectivity index (χ2v) is 8.45. The molecular weight excluding hydrogens is 453 g/mol. The molecule has 0 bridgehead atoms. The van der Waals surface area contributed by atoms with Gasteiger partial charge < -0.3 is 19.7 Å². The fourth-order valence-corrected chi connectivity index (χ4v) is 4.77. The number of guanidine groups is 1. The molecule has 3 fully saturated rings. The number of likely N-dealkylation sites (tertiary alicyclic amines) is 1. The Labute approximate surface area is 183 Å². The highest BCUT2D eigenvalue weighted by Crippen LogP contribution is 2.43. The first-order valence-electron chi connectivity index (χ1n) is 11.0. The molecule has 5 nitrogen and oxygen atoms in total. The van der Waals surface area contributed by atoms with Gasteiger partial charge in [0.1, 0.15) is 0 Å². The van der Waals surface area contributed by atoms with E-state index in [1.165, 1.54) is 51.6 Å². The summed E-state index contributed by atoms with van der Waals surface area (Å²) in [4.78, 5) is 7.40. The smallest absolute Gasteiger partial charge is 0.193 e. The van der Waals surface area contributed by atoms with E-state index in [9.17, 15) is 0 Å². The van der Waals surface area contributed by atoms with Crippen molar-refractivity contribution < 1.29 is 9.47 Å². The molecule has 27 heavy (non-hydrogen) atoms. The lowest BCUT2D eigenvalue weighted by atomic mass is 9.73. The van der Waals surface area contributed by atoms with Crippen molar-refractivity contribution >= 4 is 29.9 Å². The summed E-state index contributed by atoms with van der Waals surface area (Å²) in [7, 11) is 0. The molecule has 0 aromatic rings. The molecule has 2 heterocycles. The van der Waals surface area contributed by atoms with Crippen LogP contribution in [0.15, 0.2) is 4.99 Å². The molecule has 3 rings (SSSR count). The van der Waals surface area contributed by atoms with E-state index in [2.05, 4.69) is 17.1 Å². The van der Waals surface area contributed by atoms with Crippen LogP contribution in [-0.4, -0.2) is 63.5 Å². The average Bonchev–Trinajstić information content (AvgIpc) is 3.08. The van der Waals surface area contributed by atoms with E-state index in [4.69, 9.17) is 14.5 Å². The van der Waals surface area contributed by atoms with E-state index < -0.39 is 0 Å². The van der Waals surface area contributed by atoms with Gasteiger partial charge in [-0.25, -0.2) is 0 Å². The molecule has 3 aliphatic rings. The zero-order valence-corrected chi connectivity index (χ0v) is 19.5. The third-order valence-corrected chi connectivity index (χ3v) is 6.39. The fourth-order valence-electron chi connectivity index (χ4n) is 4.77. The van der Waals surface area contributed by atoms with Crippen LogP contribution in [0.1, 0.15) is 64.7 Å². The minimum atomic E-state index is 0. The molecule has 6 heteroatoms. The van der Waals surface area contributed by atoms with Gasteiger partial charge in [-0.15, -0.1) is 24.0 Å². The zero-order chi connectivity index (χ0) is 18.1. The Hall–Kier alpha value is -0.0800. The van der Waals surface area contributed by atoms with Crippen molar-refractivity contribution in [1.29, 1.82) is 0 Å². The van der Waals surface area contributed by atoms with Gasteiger partial charge in [-0.05, 0) is 56.8 Å². The van der Waals surface area contributed by atoms with Crippen LogP contribution in [0, 0.1) is 11.3 Å². The molecule has 0 radical (unpaired) electrons. The van der Waals surface area contributed by atoms with Crippen LogP contribution in [0.4, 0.5) is 0 Å². The lowest BCUT2D eigenvalue weighted by Gasteiger charge is -2.33. The molecule has 0 amide bonds. The zero-order valence-electron chi connectivity index (χ0n) is 17.2. The Kier molecular flexibility index (Phi) is 10.7. The van der Waals surface area contributed by atoms with Gasteiger partial charge in [-0.1, -0.05) is 19.3 Å². The quantitative estimate of drug-likeness (QED) is 0.252. The predicted molar refractivity (Wildman–Crippen MR) is 122 cm³/mol. The van der Waals surface area contributed by atoms with Crippen molar-refractivity contribution in [3.8, 4) is 0 Å². The van der Waals surface area contributed by atoms with Gasteiger partial charge in [-0.3, -0.25) is 4.99 Å². The van der Waals surface area contributed by atoms with Crippen LogP contribution in [-0.2, 0) is 9.47 Å². The number of rotatable bonds is 7. The highest BCUT2D eigenvalue weighted by molar-refractivity contribution is 14.0. The molecule has 158 valence electrons. The van der Waals surface area contributed by atoms with Crippen LogP contribution < -0.4 is 5.32 Å². The van der Waals surface area contributed by atoms with E-state index >= 15 is 0 Å². The van der Waals surface area contributed by atoms with Crippen LogP contribution in [0.2, 0.25) is 0 Å². The summed E-state index contributed by atoms with van der Waals surface area (Å²) in [5, 5.41) is 3.51. The number of hydrogen-bond donors (Lipinski definition) is 1. The normalized spacial score (nSPS) is 23.4. The molecule has 0 aromatic carbocycles. The van der Waals surface area contributed by atoms with E-state index in [1.54, 1.807) is 0 Å². The SMILES string of the molecule is CCNC(=NCCCOCC1CCOCC1)N1CCC2(CCCCC2)C1.I. The Morgan fingerprint density at radius 3 is 2.70 bits per heavy atom. The largest absolute Gasteiger partial charge is 0.381 e. The maximum absolute atomic E-state index is 5.87. The maximum atomic E-state index is 5.87. The second kappa shape index (κ2) is 12.5. The number of nitrogens with one attached hydrogen (secondary N) is 1. The van der Waals surface area contributed by atoms with Crippen molar-refractivity contribution in [2.45, 2.75) is 64.7 Å². The van der Waals surface area contributed by atoms with Gasteiger partial charge >= 0.3 is 0 Å². The number of ether oxygens (including phenoxy) is 2. The Morgan fingerprint density at radius 1 is 1.19 bits per heavy atom. The molecule has 0 unspecified atom stereocenters. The summed E-state index contributed by atoms with van der Waals surface area (Å²) >= 11 is 0. The van der Waals surface area contributed by atoms with Gasteiger partial charge in [0.05, 0.1) is 0 Å². The molecular formula is C21H40IN3O2. The van der Waals surface area contributed by atoms with Crippen molar-refractivity contribution in [3.63, 3.8) is 0 Å². The van der Waals surface area contributed by atoms with Gasteiger partial charge in [0.2, 0.25) is 0 Å². The summed E-state index contributed by atoms with van der Waals surface area (Å²) in [5.41, 5.74) is 0.585. The molecule has 2 aliphatic heterocycles. The number of halogens is 1. The molecule has 1 aliphatic carbocycles. The van der Waals surface area contributed by atoms with Gasteiger partial charge in [-0.2, -0.15) is 0 Å². The number of nitrogens with zero attached hydrogens (tertiary/aromatic N) is 2. The van der Waals surface area contributed by atoms with Gasteiger partial charge in [0.25, 0.3) is 0 Å². The summed E-state index contributed by atoms with van der Waals surface area (Å²) in [6.07, 6.45) is 11.8. The van der Waals surface area contributed by atoms with E-state index in [-0.39, 0.29) is 24.0 Å². The van der Waals surface area contributed by atoms with E-state index in [1.807, 2.05) is 0 Å². The van der Waals surface area contributed by atoms with E-state index in [0.717, 1.165) is 64.7 Å². The third kappa shape index (κ3) is 7.35. The first kappa shape index (κ1) is 23.2. The Bertz CT molecular complexity index is 435. The first-order valence-corrected chi connectivity index (χ1v) is 11.0. The lowest BCUT2D eigenvalue weighted by molar-refractivity contribution is 0.0205. The van der Waals surface area contributed by atoms with Gasteiger partial charge in [0, 0.05) is 52.6 Å². The summed E-state index contributed by atoms with van der Waals surface area (Å²) in [6.45, 7) is 9.88. The lowest BCUT2D eigenvalue weighted by Crippen LogP contribution is -2.41. The highest BCUT2D eigenvalue weighted by Gasteiger charge is 2.39. The molecule has 1 N–H and O–H groups in total. The standard InChI is InChI=1S/C21H39N3O2.HI/c1-2-22-20(24-13-11-21(18-24)9-4-3-5-10-21)23-12-6-14-26-17-19-7-15-25-16-8-19;/h19H,2-18H2,1H3,(H,22,23);1H. The van der Waals surface area contributed by atoms with Crippen LogP contribution in [0.25, 0.3) is 0 Å². The topological polar surface area (TPSA) is 46.1 Å². The second-order valence-electron chi connectivity index (χ2n) is 8.45. The third-order valence-electron chi connectivity index (χ3n) is 6.39. The van der Waals surface area contributed by atoms with E-state index in [0.29, 0.717) is 11.3 Å². The molecule has 2 saturated heterocycles. The molecule has 0 aromatic heterocycles. The van der Waals surface area contributed by atoms with Crippen LogP contribution in [0.5, 0.6) is 0 Å². The minimum absolute atomic E-state index is 0. The van der Waals surface area contributed by atoms with Crippen molar-refractivity contribution in [2.75, 3.05) is 52.6 Å². The summed E-state index contributed by atoms with van der Waals surface area (Å²) in [5.74, 6) is 1.82. The number of hydrogen-bond acceptors (Lipinski definition) is 3.